The lowest BCUT2D eigenvalue weighted by molar-refractivity contribution is -0.149. The summed E-state index contributed by atoms with van der Waals surface area (Å²) >= 11 is 0. The first-order valence-electron chi connectivity index (χ1n) is 16.2. The number of alkyl halides is 1. The number of hydrogen-bond donors (Lipinski definition) is 2. The molecule has 4 amide bonds. The highest BCUT2D eigenvalue weighted by Crippen LogP contribution is 2.38. The van der Waals surface area contributed by atoms with E-state index in [0.717, 1.165) is 40.8 Å². The van der Waals surface area contributed by atoms with Gasteiger partial charge >= 0.3 is 0 Å². The zero-order chi connectivity index (χ0) is 34.8. The molecule has 0 saturated carbocycles. The Bertz CT molecular complexity index is 1740. The number of nitrogens with zero attached hydrogens (tertiary/aromatic N) is 5. The number of aromatic nitrogens is 2. The predicted octanol–water partition coefficient (Wildman–Crippen LogP) is 2.46. The van der Waals surface area contributed by atoms with E-state index in [1.54, 1.807) is 10.8 Å². The van der Waals surface area contributed by atoms with E-state index in [4.69, 9.17) is 4.98 Å². The molecular weight excluding hydrogens is 641 g/mol. The van der Waals surface area contributed by atoms with Gasteiger partial charge in [-0.3, -0.25) is 24.1 Å². The zero-order valence-corrected chi connectivity index (χ0v) is 26.8. The number of benzene rings is 2. The summed E-state index contributed by atoms with van der Waals surface area (Å²) in [6.45, 7) is 2.12. The first-order chi connectivity index (χ1) is 23.5. The van der Waals surface area contributed by atoms with Crippen LogP contribution in [0.1, 0.15) is 30.8 Å². The maximum atomic E-state index is 15.1. The number of aliphatic hydroxyl groups is 1. The van der Waals surface area contributed by atoms with Crippen molar-refractivity contribution in [1.82, 2.24) is 29.6 Å². The Labute approximate surface area is 281 Å². The summed E-state index contributed by atoms with van der Waals surface area (Å²) in [5.41, 5.74) is 0.883. The van der Waals surface area contributed by atoms with Crippen molar-refractivity contribution in [2.24, 2.45) is 11.8 Å². The largest absolute Gasteiger partial charge is 0.384 e. The van der Waals surface area contributed by atoms with Crippen LogP contribution in [0.4, 0.5) is 13.2 Å². The number of likely N-dealkylation sites (tertiary alicyclic amines) is 1. The smallest absolute Gasteiger partial charge is 0.253 e. The van der Waals surface area contributed by atoms with Crippen LogP contribution in [0, 0.1) is 23.5 Å². The summed E-state index contributed by atoms with van der Waals surface area (Å²) in [6, 6.07) is 11.5. The van der Waals surface area contributed by atoms with Crippen molar-refractivity contribution >= 4 is 23.6 Å². The number of aliphatic hydroxyl groups excluding tert-OH is 1. The van der Waals surface area contributed by atoms with Gasteiger partial charge < -0.3 is 24.8 Å². The van der Waals surface area contributed by atoms with E-state index in [2.05, 4.69) is 5.32 Å². The number of carbonyl (C=O) groups excluding carboxylic acids is 4. The van der Waals surface area contributed by atoms with E-state index in [-0.39, 0.29) is 62.9 Å². The van der Waals surface area contributed by atoms with Gasteiger partial charge in [-0.1, -0.05) is 30.3 Å². The molecule has 4 heterocycles. The van der Waals surface area contributed by atoms with Crippen LogP contribution in [0.2, 0.25) is 0 Å². The molecule has 1 aromatic heterocycles. The quantitative estimate of drug-likeness (QED) is 0.282. The second-order valence-corrected chi connectivity index (χ2v) is 12.7. The lowest BCUT2D eigenvalue weighted by atomic mass is 9.87. The molecule has 6 rings (SSSR count). The third-order valence-electron chi connectivity index (χ3n) is 9.30. The second kappa shape index (κ2) is 14.3. The van der Waals surface area contributed by atoms with Gasteiger partial charge in [-0.25, -0.2) is 18.2 Å². The first kappa shape index (κ1) is 34.1. The fourth-order valence-corrected chi connectivity index (χ4v) is 6.65. The zero-order valence-electron chi connectivity index (χ0n) is 26.8. The maximum Gasteiger partial charge on any atom is 0.253 e. The monoisotopic (exact) mass is 678 g/mol. The molecule has 0 radical (unpaired) electrons. The summed E-state index contributed by atoms with van der Waals surface area (Å²) in [7, 11) is 0. The Hall–Kier alpha value is -4.82. The minimum Gasteiger partial charge on any atom is -0.384 e. The number of imide groups is 1. The van der Waals surface area contributed by atoms with Gasteiger partial charge in [-0.05, 0) is 30.7 Å². The Morgan fingerprint density at radius 1 is 1.06 bits per heavy atom. The van der Waals surface area contributed by atoms with Crippen LogP contribution in [-0.4, -0.2) is 105 Å². The van der Waals surface area contributed by atoms with E-state index in [1.807, 2.05) is 30.3 Å². The van der Waals surface area contributed by atoms with Gasteiger partial charge in [0.2, 0.25) is 5.91 Å². The van der Waals surface area contributed by atoms with Gasteiger partial charge in [0.25, 0.3) is 17.7 Å². The molecule has 3 aromatic rings. The molecule has 0 aliphatic carbocycles. The van der Waals surface area contributed by atoms with Crippen LogP contribution >= 0.6 is 0 Å². The highest BCUT2D eigenvalue weighted by Gasteiger charge is 2.45. The van der Waals surface area contributed by atoms with Crippen LogP contribution < -0.4 is 5.32 Å². The second-order valence-electron chi connectivity index (χ2n) is 12.7. The lowest BCUT2D eigenvalue weighted by Gasteiger charge is -2.47. The third kappa shape index (κ3) is 7.30. The van der Waals surface area contributed by atoms with E-state index >= 15 is 8.78 Å². The summed E-state index contributed by atoms with van der Waals surface area (Å²) < 4.78 is 46.2. The highest BCUT2D eigenvalue weighted by atomic mass is 19.1. The van der Waals surface area contributed by atoms with Gasteiger partial charge in [0.15, 0.2) is 0 Å². The SMILES string of the molecule is C[C@H](O)C(=O)N(C[C@@H]1CNC[C@@H]1F)C(c1nc(-c2cc(F)ccc2F)cn1Cc1ccccc1)C1CN(C(=O)CCN2C(=O)C=CC2=O)C1. The van der Waals surface area contributed by atoms with E-state index in [0.29, 0.717) is 12.4 Å². The van der Waals surface area contributed by atoms with Crippen LogP contribution in [0.5, 0.6) is 0 Å². The maximum absolute atomic E-state index is 15.1. The van der Waals surface area contributed by atoms with Crippen molar-refractivity contribution in [3.05, 3.63) is 89.9 Å². The molecule has 14 heteroatoms. The van der Waals surface area contributed by atoms with Crippen LogP contribution in [-0.2, 0) is 25.7 Å². The van der Waals surface area contributed by atoms with Crippen molar-refractivity contribution in [1.29, 1.82) is 0 Å². The molecule has 11 nitrogen and oxygen atoms in total. The van der Waals surface area contributed by atoms with E-state index in [9.17, 15) is 28.7 Å². The molecular formula is C35H37F3N6O5. The number of rotatable bonds is 12. The van der Waals surface area contributed by atoms with Crippen LogP contribution in [0.25, 0.3) is 11.3 Å². The fraction of sp³-hybridized carbons (Fsp3) is 0.400. The molecule has 3 aliphatic heterocycles. The predicted molar refractivity (Wildman–Crippen MR) is 171 cm³/mol. The molecule has 0 spiro atoms. The van der Waals surface area contributed by atoms with Gasteiger partial charge in [0.1, 0.15) is 29.7 Å². The summed E-state index contributed by atoms with van der Waals surface area (Å²) in [5.74, 6) is -4.06. The van der Waals surface area contributed by atoms with Gasteiger partial charge in [-0.15, -0.1) is 0 Å². The molecule has 2 fully saturated rings. The normalized spacial score (nSPS) is 20.5. The first-order valence-corrected chi connectivity index (χ1v) is 16.2. The van der Waals surface area contributed by atoms with Crippen molar-refractivity contribution in [3.63, 3.8) is 0 Å². The molecule has 2 N–H and O–H groups in total. The number of hydrogen-bond acceptors (Lipinski definition) is 7. The third-order valence-corrected chi connectivity index (χ3v) is 9.30. The fourth-order valence-electron chi connectivity index (χ4n) is 6.65. The van der Waals surface area contributed by atoms with Crippen molar-refractivity contribution in [2.75, 3.05) is 39.3 Å². The van der Waals surface area contributed by atoms with Gasteiger partial charge in [0, 0.05) is 88.0 Å². The molecule has 4 atom stereocenters. The van der Waals surface area contributed by atoms with Gasteiger partial charge in [-0.2, -0.15) is 0 Å². The molecule has 1 unspecified atom stereocenters. The molecule has 3 aliphatic rings. The Kier molecular flexibility index (Phi) is 9.97. The minimum atomic E-state index is -1.45. The van der Waals surface area contributed by atoms with Crippen LogP contribution in [0.15, 0.2) is 66.9 Å². The standard InChI is InChI=1S/C35H37F3N6O5/c1-21(45)35(49)44(19-23-14-39-15-28(23)38)33(24-17-41(18-24)30(46)11-12-43-31(47)9-10-32(43)48)34-40-29(26-13-25(36)7-8-27(26)37)20-42(34)16-22-5-3-2-4-6-22/h2-10,13,20-21,23-24,28,33,39,45H,11-12,14-19H2,1H3/t21-,23-,28-,33?/m0/s1. The average molecular weight is 679 g/mol. The topological polar surface area (TPSA) is 128 Å². The van der Waals surface area contributed by atoms with Crippen molar-refractivity contribution in [2.45, 2.75) is 38.2 Å². The summed E-state index contributed by atoms with van der Waals surface area (Å²) in [5, 5.41) is 13.6. The number of halogens is 3. The van der Waals surface area contributed by atoms with Crippen LogP contribution in [0.3, 0.4) is 0 Å². The highest BCUT2D eigenvalue weighted by molar-refractivity contribution is 6.13. The Morgan fingerprint density at radius 2 is 1.78 bits per heavy atom. The molecule has 2 saturated heterocycles. The molecule has 0 bridgehead atoms. The summed E-state index contributed by atoms with van der Waals surface area (Å²) in [4.78, 5) is 59.6. The molecule has 2 aromatic carbocycles. The lowest BCUT2D eigenvalue weighted by Crippen LogP contribution is -2.58. The minimum absolute atomic E-state index is 0.0684. The Balaban J connectivity index is 1.37. The molecule has 49 heavy (non-hydrogen) atoms. The van der Waals surface area contributed by atoms with E-state index in [1.165, 1.54) is 16.7 Å². The summed E-state index contributed by atoms with van der Waals surface area (Å²) in [6.07, 6.45) is 1.07. The number of nitrogens with one attached hydrogen (secondary N) is 1. The van der Waals surface area contributed by atoms with Crippen molar-refractivity contribution in [3.8, 4) is 11.3 Å². The number of carbonyl (C=O) groups is 4. The van der Waals surface area contributed by atoms with Gasteiger partial charge in [0.05, 0.1) is 11.7 Å². The Morgan fingerprint density at radius 3 is 2.43 bits per heavy atom. The average Bonchev–Trinajstić information content (AvgIpc) is 3.75. The number of imidazole rings is 1. The number of amides is 4. The van der Waals surface area contributed by atoms with E-state index < -0.39 is 59.5 Å². The van der Waals surface area contributed by atoms with Crippen molar-refractivity contribution < 1.29 is 37.5 Å². The molecule has 258 valence electrons.